The van der Waals surface area contributed by atoms with Crippen LogP contribution in [0.3, 0.4) is 0 Å². The van der Waals surface area contributed by atoms with E-state index in [1.165, 1.54) is 11.3 Å². The summed E-state index contributed by atoms with van der Waals surface area (Å²) in [6.07, 6.45) is 1.66. The third-order valence-electron chi connectivity index (χ3n) is 2.45. The second-order valence-corrected chi connectivity index (χ2v) is 5.13. The summed E-state index contributed by atoms with van der Waals surface area (Å²) in [6, 6.07) is 5.45. The molecule has 0 aliphatic rings. The number of aromatic nitrogens is 2. The molecule has 5 nitrogen and oxygen atoms in total. The SMILES string of the molecule is COCc1nc(C)c(C(=O)OCC#Cc2ccccn2)s1. The number of hydrogen-bond acceptors (Lipinski definition) is 6. The number of aryl methyl sites for hydroxylation is 1. The van der Waals surface area contributed by atoms with Crippen molar-refractivity contribution in [1.82, 2.24) is 9.97 Å². The van der Waals surface area contributed by atoms with E-state index in [1.807, 2.05) is 12.1 Å². The maximum Gasteiger partial charge on any atom is 0.351 e. The van der Waals surface area contributed by atoms with Gasteiger partial charge in [-0.15, -0.1) is 11.3 Å². The Kier molecular flexibility index (Phi) is 5.43. The Morgan fingerprint density at radius 2 is 2.29 bits per heavy atom. The third-order valence-corrected chi connectivity index (χ3v) is 3.56. The molecule has 0 aliphatic heterocycles. The molecule has 2 aromatic rings. The van der Waals surface area contributed by atoms with Gasteiger partial charge in [-0.2, -0.15) is 0 Å². The number of carbonyl (C=O) groups excluding carboxylic acids is 1. The van der Waals surface area contributed by atoms with Crippen molar-refractivity contribution in [3.05, 3.63) is 45.7 Å². The van der Waals surface area contributed by atoms with Gasteiger partial charge in [0.25, 0.3) is 0 Å². The van der Waals surface area contributed by atoms with Gasteiger partial charge in [-0.25, -0.2) is 14.8 Å². The number of carbonyl (C=O) groups is 1. The van der Waals surface area contributed by atoms with Crippen molar-refractivity contribution in [3.8, 4) is 11.8 Å². The first-order valence-electron chi connectivity index (χ1n) is 6.23. The fraction of sp³-hybridized carbons (Fsp3) is 0.267. The molecule has 0 N–H and O–H groups in total. The quantitative estimate of drug-likeness (QED) is 0.640. The van der Waals surface area contributed by atoms with Crippen LogP contribution in [0.1, 0.15) is 26.1 Å². The largest absolute Gasteiger partial charge is 0.448 e. The Bertz CT molecular complexity index is 671. The number of thiazole rings is 1. The minimum Gasteiger partial charge on any atom is -0.448 e. The van der Waals surface area contributed by atoms with E-state index in [0.29, 0.717) is 22.9 Å². The van der Waals surface area contributed by atoms with Gasteiger partial charge < -0.3 is 9.47 Å². The lowest BCUT2D eigenvalue weighted by molar-refractivity contribution is 0.0561. The summed E-state index contributed by atoms with van der Waals surface area (Å²) in [6.45, 7) is 2.18. The lowest BCUT2D eigenvalue weighted by Gasteiger charge is -1.97. The van der Waals surface area contributed by atoms with Crippen LogP contribution in [0.5, 0.6) is 0 Å². The molecular formula is C15H14N2O3S. The number of pyridine rings is 1. The van der Waals surface area contributed by atoms with Crippen LogP contribution in [-0.4, -0.2) is 29.7 Å². The fourth-order valence-corrected chi connectivity index (χ4v) is 2.49. The molecule has 2 rings (SSSR count). The Morgan fingerprint density at radius 1 is 1.43 bits per heavy atom. The van der Waals surface area contributed by atoms with Crippen LogP contribution < -0.4 is 0 Å². The number of rotatable bonds is 4. The monoisotopic (exact) mass is 302 g/mol. The third kappa shape index (κ3) is 4.38. The van der Waals surface area contributed by atoms with Crippen LogP contribution in [0, 0.1) is 18.8 Å². The van der Waals surface area contributed by atoms with Crippen molar-refractivity contribution >= 4 is 17.3 Å². The average Bonchev–Trinajstić information content (AvgIpc) is 2.86. The molecule has 2 aromatic heterocycles. The highest BCUT2D eigenvalue weighted by Gasteiger charge is 2.16. The van der Waals surface area contributed by atoms with E-state index in [9.17, 15) is 4.79 Å². The summed E-state index contributed by atoms with van der Waals surface area (Å²) in [7, 11) is 1.59. The van der Waals surface area contributed by atoms with Gasteiger partial charge in [-0.3, -0.25) is 0 Å². The number of ether oxygens (including phenoxy) is 2. The Labute approximate surface area is 127 Å². The molecular weight excluding hydrogens is 288 g/mol. The molecule has 0 spiro atoms. The zero-order valence-electron chi connectivity index (χ0n) is 11.8. The van der Waals surface area contributed by atoms with Crippen LogP contribution in [0.4, 0.5) is 0 Å². The maximum atomic E-state index is 11.9. The number of hydrogen-bond donors (Lipinski definition) is 0. The molecule has 21 heavy (non-hydrogen) atoms. The average molecular weight is 302 g/mol. The summed E-state index contributed by atoms with van der Waals surface area (Å²) in [5.41, 5.74) is 1.29. The smallest absolute Gasteiger partial charge is 0.351 e. The van der Waals surface area contributed by atoms with Crippen LogP contribution in [0.25, 0.3) is 0 Å². The van der Waals surface area contributed by atoms with Crippen molar-refractivity contribution in [2.24, 2.45) is 0 Å². The van der Waals surface area contributed by atoms with Gasteiger partial charge in [0.15, 0.2) is 6.61 Å². The van der Waals surface area contributed by atoms with E-state index in [4.69, 9.17) is 9.47 Å². The molecule has 0 saturated carbocycles. The summed E-state index contributed by atoms with van der Waals surface area (Å²) < 4.78 is 10.1. The van der Waals surface area contributed by atoms with Crippen molar-refractivity contribution in [1.29, 1.82) is 0 Å². The van der Waals surface area contributed by atoms with Gasteiger partial charge in [0.2, 0.25) is 0 Å². The fourth-order valence-electron chi connectivity index (χ4n) is 1.56. The van der Waals surface area contributed by atoms with Crippen LogP contribution in [0.15, 0.2) is 24.4 Å². The van der Waals surface area contributed by atoms with E-state index in [2.05, 4.69) is 21.8 Å². The number of methoxy groups -OCH3 is 1. The zero-order valence-corrected chi connectivity index (χ0v) is 12.6. The highest BCUT2D eigenvalue weighted by Crippen LogP contribution is 2.19. The molecule has 108 valence electrons. The second kappa shape index (κ2) is 7.53. The molecule has 0 bridgehead atoms. The van der Waals surface area contributed by atoms with Gasteiger partial charge in [-0.1, -0.05) is 12.0 Å². The first-order chi connectivity index (χ1) is 10.2. The summed E-state index contributed by atoms with van der Waals surface area (Å²) in [5, 5.41) is 0.751. The molecule has 0 aliphatic carbocycles. The number of esters is 1. The molecule has 0 atom stereocenters. The standard InChI is InChI=1S/C15H14N2O3S/c1-11-14(21-13(17-11)10-19-2)15(18)20-9-5-7-12-6-3-4-8-16-12/h3-4,6,8H,9-10H2,1-2H3. The lowest BCUT2D eigenvalue weighted by Crippen LogP contribution is -2.04. The minimum atomic E-state index is -0.414. The second-order valence-electron chi connectivity index (χ2n) is 4.05. The van der Waals surface area contributed by atoms with Crippen molar-refractivity contribution in [2.75, 3.05) is 13.7 Å². The van der Waals surface area contributed by atoms with Crippen LogP contribution >= 0.6 is 11.3 Å². The molecule has 0 aromatic carbocycles. The molecule has 0 fully saturated rings. The van der Waals surface area contributed by atoms with Crippen LogP contribution in [0.2, 0.25) is 0 Å². The summed E-state index contributed by atoms with van der Waals surface area (Å²) in [4.78, 5) is 20.7. The molecule has 0 amide bonds. The Hall–Kier alpha value is -2.23. The van der Waals surface area contributed by atoms with E-state index < -0.39 is 5.97 Å². The first-order valence-corrected chi connectivity index (χ1v) is 7.04. The Morgan fingerprint density at radius 3 is 3.00 bits per heavy atom. The van der Waals surface area contributed by atoms with Gasteiger partial charge >= 0.3 is 5.97 Å². The predicted molar refractivity (Wildman–Crippen MR) is 79.0 cm³/mol. The highest BCUT2D eigenvalue weighted by atomic mass is 32.1. The van der Waals surface area contributed by atoms with Crippen molar-refractivity contribution in [3.63, 3.8) is 0 Å². The lowest BCUT2D eigenvalue weighted by atomic mass is 10.3. The first kappa shape index (κ1) is 15.2. The van der Waals surface area contributed by atoms with E-state index in [1.54, 1.807) is 26.3 Å². The van der Waals surface area contributed by atoms with E-state index in [0.717, 1.165) is 5.01 Å². The summed E-state index contributed by atoms with van der Waals surface area (Å²) in [5.74, 6) is 5.16. The normalized spacial score (nSPS) is 9.81. The molecule has 6 heteroatoms. The van der Waals surface area contributed by atoms with Gasteiger partial charge in [0, 0.05) is 13.3 Å². The Balaban J connectivity index is 1.92. The zero-order chi connectivity index (χ0) is 15.1. The molecule has 2 heterocycles. The molecule has 0 radical (unpaired) electrons. The molecule has 0 saturated heterocycles. The van der Waals surface area contributed by atoms with Crippen LogP contribution in [-0.2, 0) is 16.1 Å². The predicted octanol–water partition coefficient (Wildman–Crippen LogP) is 2.20. The maximum absolute atomic E-state index is 11.9. The van der Waals surface area contributed by atoms with E-state index >= 15 is 0 Å². The highest BCUT2D eigenvalue weighted by molar-refractivity contribution is 7.13. The van der Waals surface area contributed by atoms with Gasteiger partial charge in [0.05, 0.1) is 12.3 Å². The molecule has 0 unspecified atom stereocenters. The van der Waals surface area contributed by atoms with E-state index in [-0.39, 0.29) is 6.61 Å². The minimum absolute atomic E-state index is 0.0202. The van der Waals surface area contributed by atoms with Crippen molar-refractivity contribution < 1.29 is 14.3 Å². The van der Waals surface area contributed by atoms with Gasteiger partial charge in [0.1, 0.15) is 15.6 Å². The number of nitrogens with zero attached hydrogens (tertiary/aromatic N) is 2. The van der Waals surface area contributed by atoms with Crippen molar-refractivity contribution in [2.45, 2.75) is 13.5 Å². The topological polar surface area (TPSA) is 61.3 Å². The van der Waals surface area contributed by atoms with Gasteiger partial charge in [-0.05, 0) is 25.0 Å². The summed E-state index contributed by atoms with van der Waals surface area (Å²) >= 11 is 1.28.